The molecule has 10 rings (SSSR count). The van der Waals surface area contributed by atoms with Gasteiger partial charge in [-0.25, -0.2) is 9.97 Å². The summed E-state index contributed by atoms with van der Waals surface area (Å²) in [4.78, 5) is 11.0. The number of hydrogen-bond donors (Lipinski definition) is 0. The molecular weight excluding hydrogens is 653 g/mol. The first-order valence-electron chi connectivity index (χ1n) is 18.9. The average molecular weight is 693 g/mol. The SMILES string of the molecule is CC1(C)c2ccccc2-c2cc3c(cc21)-c1cc(-c2cccc(-c4nc(-c5ccccc5)c(-c5ccccc5)nc4-c4ccccc4)c2)ccc1C3(C)C. The lowest BCUT2D eigenvalue weighted by Crippen LogP contribution is -2.16. The van der Waals surface area contributed by atoms with E-state index in [1.807, 2.05) is 12.1 Å². The van der Waals surface area contributed by atoms with Gasteiger partial charge >= 0.3 is 0 Å². The van der Waals surface area contributed by atoms with E-state index in [9.17, 15) is 0 Å². The van der Waals surface area contributed by atoms with Gasteiger partial charge in [0, 0.05) is 33.1 Å². The van der Waals surface area contributed by atoms with Gasteiger partial charge < -0.3 is 0 Å². The standard InChI is InChI=1S/C52H40N2/c1-51(2)43-26-15-14-25-39(43)41-31-46-42(32-45(41)51)40-30-37(27-28-44(40)52(46,3)4)36-23-16-24-38(29-36)50-49(35-21-12-7-13-22-35)53-47(33-17-8-5-9-18-33)48(54-50)34-19-10-6-11-20-34/h5-32H,1-4H3. The maximum Gasteiger partial charge on any atom is 0.0973 e. The van der Waals surface area contributed by atoms with Crippen molar-refractivity contribution in [3.63, 3.8) is 0 Å². The third-order valence-corrected chi connectivity index (χ3v) is 11.9. The fraction of sp³-hybridized carbons (Fsp3) is 0.115. The second-order valence-corrected chi connectivity index (χ2v) is 15.8. The molecule has 1 aromatic heterocycles. The van der Waals surface area contributed by atoms with Gasteiger partial charge in [-0.05, 0) is 79.9 Å². The molecule has 0 aliphatic heterocycles. The first-order chi connectivity index (χ1) is 26.3. The number of rotatable bonds is 5. The molecule has 54 heavy (non-hydrogen) atoms. The minimum Gasteiger partial charge on any atom is -0.243 e. The maximum atomic E-state index is 5.51. The molecule has 0 atom stereocenters. The summed E-state index contributed by atoms with van der Waals surface area (Å²) in [6.45, 7) is 9.50. The Bertz CT molecular complexity index is 2740. The van der Waals surface area contributed by atoms with Gasteiger partial charge in [0.15, 0.2) is 0 Å². The summed E-state index contributed by atoms with van der Waals surface area (Å²) in [5.74, 6) is 0. The van der Waals surface area contributed by atoms with Crippen LogP contribution in [-0.2, 0) is 10.8 Å². The molecule has 1 heterocycles. The van der Waals surface area contributed by atoms with Crippen LogP contribution in [0, 0.1) is 0 Å². The van der Waals surface area contributed by atoms with Gasteiger partial charge in [0.25, 0.3) is 0 Å². The summed E-state index contributed by atoms with van der Waals surface area (Å²) < 4.78 is 0. The van der Waals surface area contributed by atoms with Crippen LogP contribution in [0.5, 0.6) is 0 Å². The van der Waals surface area contributed by atoms with Crippen molar-refractivity contribution in [1.29, 1.82) is 0 Å². The van der Waals surface area contributed by atoms with Gasteiger partial charge in [0.1, 0.15) is 0 Å². The molecule has 0 fully saturated rings. The van der Waals surface area contributed by atoms with E-state index in [4.69, 9.17) is 9.97 Å². The largest absolute Gasteiger partial charge is 0.243 e. The summed E-state index contributed by atoms with van der Waals surface area (Å²) in [5, 5.41) is 0. The summed E-state index contributed by atoms with van der Waals surface area (Å²) in [5.41, 5.74) is 20.9. The zero-order valence-corrected chi connectivity index (χ0v) is 31.1. The minimum atomic E-state index is -0.101. The van der Waals surface area contributed by atoms with Crippen LogP contribution >= 0.6 is 0 Å². The topological polar surface area (TPSA) is 25.8 Å². The van der Waals surface area contributed by atoms with E-state index in [0.29, 0.717) is 0 Å². The highest BCUT2D eigenvalue weighted by molar-refractivity contribution is 5.92. The lowest BCUT2D eigenvalue weighted by atomic mass is 9.79. The molecule has 8 aromatic rings. The quantitative estimate of drug-likeness (QED) is 0.179. The van der Waals surface area contributed by atoms with Gasteiger partial charge in [-0.3, -0.25) is 0 Å². The molecule has 7 aromatic carbocycles. The Labute approximate surface area is 317 Å². The summed E-state index contributed by atoms with van der Waals surface area (Å²) in [6.07, 6.45) is 0. The zero-order chi connectivity index (χ0) is 36.6. The predicted octanol–water partition coefficient (Wildman–Crippen LogP) is 13.4. The van der Waals surface area contributed by atoms with Crippen molar-refractivity contribution >= 4 is 0 Å². The van der Waals surface area contributed by atoms with Crippen LogP contribution in [-0.4, -0.2) is 9.97 Å². The highest BCUT2D eigenvalue weighted by Gasteiger charge is 2.41. The lowest BCUT2D eigenvalue weighted by molar-refractivity contribution is 0.652. The molecule has 2 nitrogen and oxygen atoms in total. The van der Waals surface area contributed by atoms with Crippen molar-refractivity contribution in [3.05, 3.63) is 192 Å². The fourth-order valence-electron chi connectivity index (χ4n) is 9.00. The van der Waals surface area contributed by atoms with Crippen LogP contribution in [0.1, 0.15) is 49.9 Å². The minimum absolute atomic E-state index is 0.0496. The Kier molecular flexibility index (Phi) is 7.22. The van der Waals surface area contributed by atoms with E-state index in [1.54, 1.807) is 0 Å². The van der Waals surface area contributed by atoms with Gasteiger partial charge in [-0.15, -0.1) is 0 Å². The Morgan fingerprint density at radius 1 is 0.278 bits per heavy atom. The van der Waals surface area contributed by atoms with Crippen LogP contribution in [0.4, 0.5) is 0 Å². The lowest BCUT2D eigenvalue weighted by Gasteiger charge is -2.24. The molecular formula is C52H40N2. The molecule has 0 saturated carbocycles. The summed E-state index contributed by atoms with van der Waals surface area (Å²) >= 11 is 0. The first kappa shape index (κ1) is 32.3. The molecule has 0 radical (unpaired) electrons. The van der Waals surface area contributed by atoms with Crippen LogP contribution < -0.4 is 0 Å². The second kappa shape index (κ2) is 12.1. The van der Waals surface area contributed by atoms with E-state index in [0.717, 1.165) is 50.6 Å². The summed E-state index contributed by atoms with van der Waals surface area (Å²) in [7, 11) is 0. The number of nitrogens with zero attached hydrogens (tertiary/aromatic N) is 2. The molecule has 2 aliphatic carbocycles. The third kappa shape index (κ3) is 4.94. The van der Waals surface area contributed by atoms with Crippen molar-refractivity contribution in [1.82, 2.24) is 9.97 Å². The van der Waals surface area contributed by atoms with Crippen LogP contribution in [0.25, 0.3) is 78.4 Å². The number of benzene rings is 7. The number of aromatic nitrogens is 2. The molecule has 0 bridgehead atoms. The van der Waals surface area contributed by atoms with Gasteiger partial charge in [0.2, 0.25) is 0 Å². The number of hydrogen-bond acceptors (Lipinski definition) is 2. The molecule has 0 N–H and O–H groups in total. The van der Waals surface area contributed by atoms with E-state index in [2.05, 4.69) is 185 Å². The maximum absolute atomic E-state index is 5.51. The normalized spacial score (nSPS) is 14.2. The van der Waals surface area contributed by atoms with Crippen molar-refractivity contribution < 1.29 is 0 Å². The molecule has 0 saturated heterocycles. The molecule has 258 valence electrons. The predicted molar refractivity (Wildman–Crippen MR) is 224 cm³/mol. The second-order valence-electron chi connectivity index (χ2n) is 15.8. The smallest absolute Gasteiger partial charge is 0.0973 e. The highest BCUT2D eigenvalue weighted by Crippen LogP contribution is 2.56. The highest BCUT2D eigenvalue weighted by atomic mass is 14.9. The van der Waals surface area contributed by atoms with E-state index < -0.39 is 0 Å². The molecule has 0 spiro atoms. The van der Waals surface area contributed by atoms with Crippen LogP contribution in [0.2, 0.25) is 0 Å². The van der Waals surface area contributed by atoms with Crippen molar-refractivity contribution in [3.8, 4) is 78.4 Å². The third-order valence-electron chi connectivity index (χ3n) is 11.9. The average Bonchev–Trinajstić information content (AvgIpc) is 3.59. The van der Waals surface area contributed by atoms with E-state index in [-0.39, 0.29) is 10.8 Å². The Balaban J connectivity index is 1.13. The van der Waals surface area contributed by atoms with Crippen LogP contribution in [0.3, 0.4) is 0 Å². The Morgan fingerprint density at radius 2 is 0.667 bits per heavy atom. The zero-order valence-electron chi connectivity index (χ0n) is 31.1. The monoisotopic (exact) mass is 692 g/mol. The summed E-state index contributed by atoms with van der Waals surface area (Å²) in [6, 6.07) is 61.1. The van der Waals surface area contributed by atoms with Gasteiger partial charge in [0.05, 0.1) is 22.8 Å². The number of fused-ring (bicyclic) bond motifs is 6. The molecule has 2 aliphatic rings. The van der Waals surface area contributed by atoms with Gasteiger partial charge in [-0.2, -0.15) is 0 Å². The molecule has 2 heteroatoms. The molecule has 0 amide bonds. The Morgan fingerprint density at radius 3 is 1.22 bits per heavy atom. The first-order valence-corrected chi connectivity index (χ1v) is 18.9. The van der Waals surface area contributed by atoms with Gasteiger partial charge in [-0.1, -0.05) is 173 Å². The molecule has 0 unspecified atom stereocenters. The van der Waals surface area contributed by atoms with E-state index in [1.165, 1.54) is 50.1 Å². The van der Waals surface area contributed by atoms with Crippen LogP contribution in [0.15, 0.2) is 170 Å². The van der Waals surface area contributed by atoms with Crippen molar-refractivity contribution in [2.45, 2.75) is 38.5 Å². The van der Waals surface area contributed by atoms with E-state index >= 15 is 0 Å². The Hall–Kier alpha value is -6.38. The van der Waals surface area contributed by atoms with Crippen molar-refractivity contribution in [2.24, 2.45) is 0 Å². The fourth-order valence-corrected chi connectivity index (χ4v) is 9.00. The van der Waals surface area contributed by atoms with Crippen molar-refractivity contribution in [2.75, 3.05) is 0 Å².